The van der Waals surface area contributed by atoms with Gasteiger partial charge in [-0.1, -0.05) is 12.1 Å². The van der Waals surface area contributed by atoms with E-state index in [9.17, 15) is 4.79 Å². The topological polar surface area (TPSA) is 86.0 Å². The van der Waals surface area contributed by atoms with E-state index < -0.39 is 0 Å². The van der Waals surface area contributed by atoms with Crippen molar-refractivity contribution in [3.8, 4) is 11.5 Å². The van der Waals surface area contributed by atoms with Crippen LogP contribution in [0.25, 0.3) is 6.08 Å². The minimum atomic E-state index is -0.255. The van der Waals surface area contributed by atoms with Gasteiger partial charge >= 0.3 is 0 Å². The third-order valence-corrected chi connectivity index (χ3v) is 4.63. The second-order valence-corrected chi connectivity index (χ2v) is 6.77. The van der Waals surface area contributed by atoms with Gasteiger partial charge in [-0.2, -0.15) is 0 Å². The van der Waals surface area contributed by atoms with Crippen LogP contribution in [0.15, 0.2) is 42.5 Å². The van der Waals surface area contributed by atoms with Crippen molar-refractivity contribution >= 4 is 29.0 Å². The fourth-order valence-electron chi connectivity index (χ4n) is 3.20. The van der Waals surface area contributed by atoms with Gasteiger partial charge in [-0.25, -0.2) is 0 Å². The molecule has 0 atom stereocenters. The molecule has 3 N–H and O–H groups in total. The van der Waals surface area contributed by atoms with Gasteiger partial charge in [0.05, 0.1) is 37.8 Å². The summed E-state index contributed by atoms with van der Waals surface area (Å²) in [4.78, 5) is 14.7. The molecule has 1 heterocycles. The highest BCUT2D eigenvalue weighted by Crippen LogP contribution is 2.39. The van der Waals surface area contributed by atoms with Crippen molar-refractivity contribution in [1.29, 1.82) is 0 Å². The highest BCUT2D eigenvalue weighted by Gasteiger charge is 2.20. The van der Waals surface area contributed by atoms with Crippen molar-refractivity contribution in [2.24, 2.45) is 0 Å². The Kier molecular flexibility index (Phi) is 7.57. The quantitative estimate of drug-likeness (QED) is 0.510. The number of morpholine rings is 1. The van der Waals surface area contributed by atoms with E-state index >= 15 is 0 Å². The SMILES string of the molecule is CCOc1cc(N2CCOCC2)c(OCC)cc1NC(=O)/C=C/c1ccc(N)cc1. The van der Waals surface area contributed by atoms with Crippen molar-refractivity contribution < 1.29 is 19.0 Å². The van der Waals surface area contributed by atoms with Gasteiger partial charge in [-0.3, -0.25) is 4.79 Å². The van der Waals surface area contributed by atoms with Crippen LogP contribution >= 0.6 is 0 Å². The molecule has 2 aromatic rings. The average Bonchev–Trinajstić information content (AvgIpc) is 2.76. The van der Waals surface area contributed by atoms with Gasteiger partial charge in [0.15, 0.2) is 0 Å². The maximum Gasteiger partial charge on any atom is 0.248 e. The van der Waals surface area contributed by atoms with Gasteiger partial charge in [0.2, 0.25) is 5.91 Å². The summed E-state index contributed by atoms with van der Waals surface area (Å²) in [5.74, 6) is 1.06. The van der Waals surface area contributed by atoms with Gasteiger partial charge < -0.3 is 30.2 Å². The maximum atomic E-state index is 12.5. The molecule has 2 aromatic carbocycles. The number of nitrogens with two attached hydrogens (primary N) is 1. The summed E-state index contributed by atoms with van der Waals surface area (Å²) in [5, 5.41) is 2.91. The molecule has 0 aliphatic carbocycles. The van der Waals surface area contributed by atoms with Gasteiger partial charge in [0, 0.05) is 37.0 Å². The lowest BCUT2D eigenvalue weighted by molar-refractivity contribution is -0.111. The summed E-state index contributed by atoms with van der Waals surface area (Å²) in [6.45, 7) is 7.76. The van der Waals surface area contributed by atoms with Gasteiger partial charge in [-0.05, 0) is 37.6 Å². The predicted molar refractivity (Wildman–Crippen MR) is 120 cm³/mol. The minimum absolute atomic E-state index is 0.255. The molecule has 1 saturated heterocycles. The Hall–Kier alpha value is -3.19. The van der Waals surface area contributed by atoms with Crippen molar-refractivity contribution in [2.45, 2.75) is 13.8 Å². The first kappa shape index (κ1) is 21.5. The Morgan fingerprint density at radius 3 is 2.43 bits per heavy atom. The van der Waals surface area contributed by atoms with E-state index in [2.05, 4.69) is 10.2 Å². The smallest absolute Gasteiger partial charge is 0.248 e. The van der Waals surface area contributed by atoms with E-state index in [1.54, 1.807) is 18.2 Å². The molecule has 0 radical (unpaired) electrons. The number of nitrogens with one attached hydrogen (secondary N) is 1. The van der Waals surface area contributed by atoms with E-state index in [4.69, 9.17) is 19.9 Å². The first-order valence-corrected chi connectivity index (χ1v) is 10.2. The number of benzene rings is 2. The lowest BCUT2D eigenvalue weighted by Gasteiger charge is -2.31. The van der Waals surface area contributed by atoms with Gasteiger partial charge in [0.25, 0.3) is 0 Å². The fourth-order valence-corrected chi connectivity index (χ4v) is 3.20. The van der Waals surface area contributed by atoms with E-state index in [0.717, 1.165) is 24.3 Å². The summed E-state index contributed by atoms with van der Waals surface area (Å²) in [5.41, 5.74) is 8.79. The number of hydrogen-bond acceptors (Lipinski definition) is 6. The molecule has 7 nitrogen and oxygen atoms in total. The Balaban J connectivity index is 1.83. The second kappa shape index (κ2) is 10.5. The van der Waals surface area contributed by atoms with Crippen LogP contribution in [0.3, 0.4) is 0 Å². The van der Waals surface area contributed by atoms with Crippen molar-refractivity contribution in [1.82, 2.24) is 0 Å². The van der Waals surface area contributed by atoms with Crippen LogP contribution in [0.5, 0.6) is 11.5 Å². The molecule has 0 saturated carbocycles. The second-order valence-electron chi connectivity index (χ2n) is 6.77. The number of hydrogen-bond donors (Lipinski definition) is 2. The maximum absolute atomic E-state index is 12.5. The van der Waals surface area contributed by atoms with E-state index in [1.165, 1.54) is 6.08 Å². The number of amides is 1. The molecule has 1 aliphatic rings. The van der Waals surface area contributed by atoms with Crippen molar-refractivity contribution in [2.75, 3.05) is 55.5 Å². The van der Waals surface area contributed by atoms with Crippen LogP contribution in [0, 0.1) is 0 Å². The Morgan fingerprint density at radius 2 is 1.77 bits per heavy atom. The van der Waals surface area contributed by atoms with Gasteiger partial charge in [-0.15, -0.1) is 0 Å². The number of nitrogen functional groups attached to an aromatic ring is 1. The largest absolute Gasteiger partial charge is 0.492 e. The molecule has 0 unspecified atom stereocenters. The molecule has 1 aliphatic heterocycles. The molecule has 30 heavy (non-hydrogen) atoms. The standard InChI is InChI=1S/C23H29N3O4/c1-3-29-21-16-20(26-11-13-28-14-12-26)22(30-4-2)15-19(21)25-23(27)10-7-17-5-8-18(24)9-6-17/h5-10,15-16H,3-4,11-14,24H2,1-2H3,(H,25,27)/b10-7+. The fraction of sp³-hybridized carbons (Fsp3) is 0.348. The van der Waals surface area contributed by atoms with E-state index in [1.807, 2.05) is 38.1 Å². The highest BCUT2D eigenvalue weighted by atomic mass is 16.5. The van der Waals surface area contributed by atoms with Crippen molar-refractivity contribution in [3.05, 3.63) is 48.0 Å². The number of ether oxygens (including phenoxy) is 3. The van der Waals surface area contributed by atoms with Crippen LogP contribution in [-0.4, -0.2) is 45.4 Å². The molecular formula is C23H29N3O4. The molecule has 160 valence electrons. The lowest BCUT2D eigenvalue weighted by atomic mass is 10.2. The van der Waals surface area contributed by atoms with Crippen LogP contribution in [0.1, 0.15) is 19.4 Å². The summed E-state index contributed by atoms with van der Waals surface area (Å²) in [6.07, 6.45) is 3.22. The first-order valence-electron chi connectivity index (χ1n) is 10.2. The Labute approximate surface area is 177 Å². The Bertz CT molecular complexity index is 875. The normalized spacial score (nSPS) is 14.0. The van der Waals surface area contributed by atoms with E-state index in [0.29, 0.717) is 49.3 Å². The average molecular weight is 412 g/mol. The van der Waals surface area contributed by atoms with Crippen molar-refractivity contribution in [3.63, 3.8) is 0 Å². The summed E-state index contributed by atoms with van der Waals surface area (Å²) < 4.78 is 17.1. The Morgan fingerprint density at radius 1 is 1.10 bits per heavy atom. The molecular weight excluding hydrogens is 382 g/mol. The molecule has 3 rings (SSSR count). The zero-order chi connectivity index (χ0) is 21.3. The predicted octanol–water partition coefficient (Wildman–Crippen LogP) is 3.55. The number of carbonyl (C=O) groups is 1. The number of rotatable bonds is 8. The summed E-state index contributed by atoms with van der Waals surface area (Å²) in [7, 11) is 0. The number of nitrogens with zero attached hydrogens (tertiary/aromatic N) is 1. The summed E-state index contributed by atoms with van der Waals surface area (Å²) >= 11 is 0. The molecule has 1 fully saturated rings. The summed E-state index contributed by atoms with van der Waals surface area (Å²) in [6, 6.07) is 11.1. The van der Waals surface area contributed by atoms with Crippen LogP contribution < -0.4 is 25.4 Å². The molecule has 7 heteroatoms. The monoisotopic (exact) mass is 411 g/mol. The van der Waals surface area contributed by atoms with Crippen LogP contribution in [-0.2, 0) is 9.53 Å². The van der Waals surface area contributed by atoms with Crippen LogP contribution in [0.4, 0.5) is 17.1 Å². The zero-order valence-electron chi connectivity index (χ0n) is 17.5. The highest BCUT2D eigenvalue weighted by molar-refractivity contribution is 6.03. The third-order valence-electron chi connectivity index (χ3n) is 4.63. The number of carbonyl (C=O) groups excluding carboxylic acids is 1. The molecule has 0 spiro atoms. The zero-order valence-corrected chi connectivity index (χ0v) is 17.5. The molecule has 1 amide bonds. The molecule has 0 aromatic heterocycles. The van der Waals surface area contributed by atoms with Gasteiger partial charge in [0.1, 0.15) is 11.5 Å². The number of anilines is 3. The minimum Gasteiger partial charge on any atom is -0.492 e. The third kappa shape index (κ3) is 5.67. The van der Waals surface area contributed by atoms with E-state index in [-0.39, 0.29) is 5.91 Å². The lowest BCUT2D eigenvalue weighted by Crippen LogP contribution is -2.36. The first-order chi connectivity index (χ1) is 14.6. The van der Waals surface area contributed by atoms with Crippen LogP contribution in [0.2, 0.25) is 0 Å². The molecule has 0 bridgehead atoms.